The zero-order chi connectivity index (χ0) is 18.8. The molecule has 3 aromatic rings. The van der Waals surface area contributed by atoms with E-state index < -0.39 is 0 Å². The molecule has 2 heterocycles. The Morgan fingerprint density at radius 1 is 1.37 bits per heavy atom. The van der Waals surface area contributed by atoms with Gasteiger partial charge in [0.15, 0.2) is 0 Å². The molecule has 0 fully saturated rings. The minimum atomic E-state index is -0.256. The van der Waals surface area contributed by atoms with E-state index in [0.29, 0.717) is 23.6 Å². The van der Waals surface area contributed by atoms with Gasteiger partial charge in [0, 0.05) is 16.8 Å². The number of nitrogens with zero attached hydrogens (tertiary/aromatic N) is 3. The lowest BCUT2D eigenvalue weighted by Gasteiger charge is -2.16. The third-order valence-corrected chi connectivity index (χ3v) is 4.16. The van der Waals surface area contributed by atoms with E-state index in [-0.39, 0.29) is 25.0 Å². The fraction of sp³-hybridized carbons (Fsp3) is 0.211. The van der Waals surface area contributed by atoms with Gasteiger partial charge in [-0.1, -0.05) is 18.2 Å². The molecule has 1 amide bonds. The van der Waals surface area contributed by atoms with E-state index in [4.69, 9.17) is 14.4 Å². The number of nitrogens with one attached hydrogen (secondary N) is 2. The number of hydrogen-bond donors (Lipinski definition) is 2. The Kier molecular flexibility index (Phi) is 4.36. The SMILES string of the molecule is CCOc1cc2c(cc1NC(=O)CN1CN=C(C#N)N1)oc1ccccc12. The average Bonchev–Trinajstić information content (AvgIpc) is 3.26. The molecule has 1 aromatic heterocycles. The molecule has 8 heteroatoms. The molecule has 0 atom stereocenters. The van der Waals surface area contributed by atoms with Crippen molar-refractivity contribution in [3.05, 3.63) is 36.4 Å². The van der Waals surface area contributed by atoms with Crippen LogP contribution in [-0.4, -0.2) is 36.6 Å². The molecule has 4 rings (SSSR count). The fourth-order valence-corrected chi connectivity index (χ4v) is 3.01. The summed E-state index contributed by atoms with van der Waals surface area (Å²) in [5.74, 6) is 0.517. The van der Waals surface area contributed by atoms with Gasteiger partial charge in [0.25, 0.3) is 0 Å². The summed E-state index contributed by atoms with van der Waals surface area (Å²) in [5.41, 5.74) is 4.74. The maximum Gasteiger partial charge on any atom is 0.240 e. The van der Waals surface area contributed by atoms with Crippen LogP contribution in [0.4, 0.5) is 5.69 Å². The van der Waals surface area contributed by atoms with Crippen molar-refractivity contribution in [3.8, 4) is 11.8 Å². The summed E-state index contributed by atoms with van der Waals surface area (Å²) >= 11 is 0. The second kappa shape index (κ2) is 6.97. The van der Waals surface area contributed by atoms with Crippen LogP contribution < -0.4 is 15.5 Å². The molecular weight excluding hydrogens is 346 g/mol. The summed E-state index contributed by atoms with van der Waals surface area (Å²) in [6, 6.07) is 13.3. The number of amides is 1. The number of fused-ring (bicyclic) bond motifs is 3. The van der Waals surface area contributed by atoms with Crippen molar-refractivity contribution in [1.82, 2.24) is 10.4 Å². The van der Waals surface area contributed by atoms with Crippen LogP contribution >= 0.6 is 0 Å². The van der Waals surface area contributed by atoms with E-state index >= 15 is 0 Å². The smallest absolute Gasteiger partial charge is 0.240 e. The van der Waals surface area contributed by atoms with Gasteiger partial charge in [-0.15, -0.1) is 0 Å². The van der Waals surface area contributed by atoms with Gasteiger partial charge >= 0.3 is 0 Å². The summed E-state index contributed by atoms with van der Waals surface area (Å²) in [4.78, 5) is 16.4. The first-order chi connectivity index (χ1) is 13.2. The van der Waals surface area contributed by atoms with Crippen molar-refractivity contribution >= 4 is 39.4 Å². The zero-order valence-corrected chi connectivity index (χ0v) is 14.7. The van der Waals surface area contributed by atoms with Crippen molar-refractivity contribution in [2.24, 2.45) is 4.99 Å². The molecule has 0 saturated carbocycles. The van der Waals surface area contributed by atoms with Crippen LogP contribution in [0.1, 0.15) is 6.92 Å². The zero-order valence-electron chi connectivity index (χ0n) is 14.7. The quantitative estimate of drug-likeness (QED) is 0.722. The summed E-state index contributed by atoms with van der Waals surface area (Å²) in [7, 11) is 0. The third kappa shape index (κ3) is 3.28. The molecule has 136 valence electrons. The summed E-state index contributed by atoms with van der Waals surface area (Å²) < 4.78 is 11.6. The minimum Gasteiger partial charge on any atom is -0.492 e. The number of furan rings is 1. The molecule has 0 radical (unpaired) electrons. The van der Waals surface area contributed by atoms with Crippen molar-refractivity contribution in [2.45, 2.75) is 6.92 Å². The Bertz CT molecular complexity index is 1100. The second-order valence-corrected chi connectivity index (χ2v) is 5.99. The lowest BCUT2D eigenvalue weighted by molar-refractivity contribution is -0.117. The first-order valence-electron chi connectivity index (χ1n) is 8.52. The topological polar surface area (TPSA) is 103 Å². The van der Waals surface area contributed by atoms with Gasteiger partial charge in [0.1, 0.15) is 29.7 Å². The molecule has 1 aliphatic rings. The minimum absolute atomic E-state index is 0.0401. The largest absolute Gasteiger partial charge is 0.492 e. The van der Waals surface area contributed by atoms with Crippen LogP contribution in [0, 0.1) is 11.3 Å². The van der Waals surface area contributed by atoms with E-state index in [1.54, 1.807) is 11.1 Å². The Morgan fingerprint density at radius 3 is 3.00 bits per heavy atom. The second-order valence-electron chi connectivity index (χ2n) is 5.99. The number of hydrazine groups is 1. The Morgan fingerprint density at radius 2 is 2.22 bits per heavy atom. The normalized spacial score (nSPS) is 14.0. The van der Waals surface area contributed by atoms with Crippen molar-refractivity contribution < 1.29 is 13.9 Å². The van der Waals surface area contributed by atoms with Crippen molar-refractivity contribution in [3.63, 3.8) is 0 Å². The van der Waals surface area contributed by atoms with Crippen LogP contribution in [0.15, 0.2) is 45.8 Å². The highest BCUT2D eigenvalue weighted by Crippen LogP contribution is 2.36. The average molecular weight is 363 g/mol. The number of para-hydroxylation sites is 1. The monoisotopic (exact) mass is 363 g/mol. The van der Waals surface area contributed by atoms with Crippen LogP contribution in [0.3, 0.4) is 0 Å². The molecule has 0 bridgehead atoms. The van der Waals surface area contributed by atoms with Crippen LogP contribution in [0.2, 0.25) is 0 Å². The summed E-state index contributed by atoms with van der Waals surface area (Å²) in [5, 5.41) is 15.1. The number of aliphatic imine (C=N–C) groups is 1. The number of anilines is 1. The molecule has 0 spiro atoms. The Balaban J connectivity index is 1.60. The van der Waals surface area contributed by atoms with Gasteiger partial charge in [-0.2, -0.15) is 10.3 Å². The van der Waals surface area contributed by atoms with Crippen LogP contribution in [0.5, 0.6) is 5.75 Å². The number of carbonyl (C=O) groups excluding carboxylic acids is 1. The molecule has 27 heavy (non-hydrogen) atoms. The van der Waals surface area contributed by atoms with Gasteiger partial charge in [-0.25, -0.2) is 4.99 Å². The predicted octanol–water partition coefficient (Wildman–Crippen LogP) is 2.62. The number of amidine groups is 1. The summed E-state index contributed by atoms with van der Waals surface area (Å²) in [6.45, 7) is 2.64. The van der Waals surface area contributed by atoms with E-state index in [2.05, 4.69) is 15.7 Å². The molecule has 2 aromatic carbocycles. The van der Waals surface area contributed by atoms with Gasteiger partial charge < -0.3 is 14.5 Å². The van der Waals surface area contributed by atoms with E-state index in [0.717, 1.165) is 16.4 Å². The van der Waals surface area contributed by atoms with Crippen LogP contribution in [0.25, 0.3) is 21.9 Å². The first-order valence-corrected chi connectivity index (χ1v) is 8.52. The van der Waals surface area contributed by atoms with E-state index in [1.165, 1.54) is 0 Å². The number of nitriles is 1. The third-order valence-electron chi connectivity index (χ3n) is 4.16. The standard InChI is InChI=1S/C19H17N5O3/c1-2-26-17-7-13-12-5-3-4-6-15(12)27-16(13)8-14(17)22-19(25)10-24-11-21-18(9-20)23-24/h3-8H,2,10-11H2,1H3,(H,21,23)(H,22,25). The van der Waals surface area contributed by atoms with Gasteiger partial charge in [0.2, 0.25) is 11.7 Å². The number of rotatable bonds is 5. The Hall–Kier alpha value is -3.57. The molecule has 1 aliphatic heterocycles. The highest BCUT2D eigenvalue weighted by atomic mass is 16.5. The Labute approximate surface area is 155 Å². The lowest BCUT2D eigenvalue weighted by Crippen LogP contribution is -2.41. The molecular formula is C19H17N5O3. The van der Waals surface area contributed by atoms with Gasteiger partial charge in [0.05, 0.1) is 18.8 Å². The first kappa shape index (κ1) is 16.9. The van der Waals surface area contributed by atoms with E-state index in [1.807, 2.05) is 43.3 Å². The predicted molar refractivity (Wildman–Crippen MR) is 101 cm³/mol. The number of hydrogen-bond acceptors (Lipinski definition) is 7. The molecule has 2 N–H and O–H groups in total. The fourth-order valence-electron chi connectivity index (χ4n) is 3.01. The van der Waals surface area contributed by atoms with E-state index in [9.17, 15) is 4.79 Å². The maximum atomic E-state index is 12.4. The summed E-state index contributed by atoms with van der Waals surface area (Å²) in [6.07, 6.45) is 0. The molecule has 0 unspecified atom stereocenters. The van der Waals surface area contributed by atoms with Crippen LogP contribution in [-0.2, 0) is 4.79 Å². The highest BCUT2D eigenvalue weighted by Gasteiger charge is 2.19. The lowest BCUT2D eigenvalue weighted by atomic mass is 10.1. The number of benzene rings is 2. The van der Waals surface area contributed by atoms with Crippen molar-refractivity contribution in [1.29, 1.82) is 5.26 Å². The highest BCUT2D eigenvalue weighted by molar-refractivity contribution is 6.08. The molecule has 8 nitrogen and oxygen atoms in total. The number of ether oxygens (including phenoxy) is 1. The number of carbonyl (C=O) groups is 1. The van der Waals surface area contributed by atoms with Gasteiger partial charge in [-0.3, -0.25) is 10.2 Å². The maximum absolute atomic E-state index is 12.4. The van der Waals surface area contributed by atoms with Crippen molar-refractivity contribution in [2.75, 3.05) is 25.1 Å². The van der Waals surface area contributed by atoms with Gasteiger partial charge in [-0.05, 0) is 19.1 Å². The molecule has 0 aliphatic carbocycles. The molecule has 0 saturated heterocycles.